The van der Waals surface area contributed by atoms with Gasteiger partial charge in [0.2, 0.25) is 5.91 Å². The van der Waals surface area contributed by atoms with E-state index in [1.807, 2.05) is 18.2 Å². The Balaban J connectivity index is 1.43. The first-order chi connectivity index (χ1) is 12.1. The van der Waals surface area contributed by atoms with Gasteiger partial charge >= 0.3 is 0 Å². The first-order valence-electron chi connectivity index (χ1n) is 8.98. The van der Waals surface area contributed by atoms with Crippen LogP contribution in [0.3, 0.4) is 0 Å². The number of hydrogen-bond acceptors (Lipinski definition) is 3. The van der Waals surface area contributed by atoms with Crippen LogP contribution < -0.4 is 5.32 Å². The van der Waals surface area contributed by atoms with Gasteiger partial charge in [-0.1, -0.05) is 42.5 Å². The van der Waals surface area contributed by atoms with Crippen LogP contribution in [0.25, 0.3) is 0 Å². The summed E-state index contributed by atoms with van der Waals surface area (Å²) in [6.45, 7) is 0.991. The first-order valence-corrected chi connectivity index (χ1v) is 8.98. The van der Waals surface area contributed by atoms with Gasteiger partial charge in [0.15, 0.2) is 0 Å². The quantitative estimate of drug-likeness (QED) is 0.902. The lowest BCUT2D eigenvalue weighted by atomic mass is 10.00. The maximum atomic E-state index is 12.7. The number of aromatic hydroxyl groups is 1. The summed E-state index contributed by atoms with van der Waals surface area (Å²) in [4.78, 5) is 15.0. The third kappa shape index (κ3) is 3.27. The van der Waals surface area contributed by atoms with Crippen LogP contribution in [0.2, 0.25) is 0 Å². The molecule has 2 aromatic rings. The molecule has 1 heterocycles. The van der Waals surface area contributed by atoms with E-state index in [1.165, 1.54) is 5.56 Å². The van der Waals surface area contributed by atoms with Crippen molar-refractivity contribution >= 4 is 5.91 Å². The molecule has 0 unspecified atom stereocenters. The van der Waals surface area contributed by atoms with E-state index in [1.54, 1.807) is 12.1 Å². The van der Waals surface area contributed by atoms with Crippen molar-refractivity contribution in [1.29, 1.82) is 0 Å². The Morgan fingerprint density at radius 2 is 1.88 bits per heavy atom. The van der Waals surface area contributed by atoms with E-state index in [9.17, 15) is 9.90 Å². The van der Waals surface area contributed by atoms with E-state index >= 15 is 0 Å². The molecule has 0 radical (unpaired) electrons. The molecule has 130 valence electrons. The standard InChI is InChI=1S/C21H24N2O2/c1-23-11-10-19(20(23)14-6-3-2-4-7-14)22-21(25)18-13-17(18)15-8-5-9-16(24)12-15/h2-9,12,17-20,24H,10-11,13H2,1H3,(H,22,25)/t17-,18+,19-,20+/m1/s1. The second-order valence-corrected chi connectivity index (χ2v) is 7.28. The van der Waals surface area contributed by atoms with Crippen molar-refractivity contribution in [3.05, 3.63) is 65.7 Å². The van der Waals surface area contributed by atoms with Crippen molar-refractivity contribution in [2.75, 3.05) is 13.6 Å². The molecule has 25 heavy (non-hydrogen) atoms. The number of amides is 1. The fourth-order valence-corrected chi connectivity index (χ4v) is 4.13. The van der Waals surface area contributed by atoms with E-state index in [2.05, 4.69) is 41.5 Å². The zero-order valence-corrected chi connectivity index (χ0v) is 14.4. The molecule has 4 atom stereocenters. The van der Waals surface area contributed by atoms with Crippen molar-refractivity contribution in [1.82, 2.24) is 10.2 Å². The molecule has 1 aliphatic heterocycles. The summed E-state index contributed by atoms with van der Waals surface area (Å²) in [6, 6.07) is 18.1. The fraction of sp³-hybridized carbons (Fsp3) is 0.381. The highest BCUT2D eigenvalue weighted by molar-refractivity contribution is 5.83. The van der Waals surface area contributed by atoms with Crippen LogP contribution in [0, 0.1) is 5.92 Å². The van der Waals surface area contributed by atoms with Gasteiger partial charge in [0, 0.05) is 18.5 Å². The number of nitrogens with zero attached hydrogens (tertiary/aromatic N) is 1. The first kappa shape index (κ1) is 16.2. The average molecular weight is 336 g/mol. The predicted octanol–water partition coefficient (Wildman–Crippen LogP) is 3.06. The van der Waals surface area contributed by atoms with Crippen LogP contribution in [-0.2, 0) is 4.79 Å². The highest BCUT2D eigenvalue weighted by Gasteiger charge is 2.45. The summed E-state index contributed by atoms with van der Waals surface area (Å²) in [7, 11) is 2.12. The van der Waals surface area contributed by atoms with Crippen LogP contribution in [0.4, 0.5) is 0 Å². The van der Waals surface area contributed by atoms with Gasteiger partial charge in [0.25, 0.3) is 0 Å². The zero-order chi connectivity index (χ0) is 17.4. The molecule has 1 saturated carbocycles. The van der Waals surface area contributed by atoms with Gasteiger partial charge in [0.1, 0.15) is 5.75 Å². The van der Waals surface area contributed by atoms with Gasteiger partial charge in [-0.25, -0.2) is 0 Å². The van der Waals surface area contributed by atoms with Gasteiger partial charge in [0.05, 0.1) is 6.04 Å². The average Bonchev–Trinajstić information content (AvgIpc) is 3.34. The third-order valence-electron chi connectivity index (χ3n) is 5.54. The van der Waals surface area contributed by atoms with Crippen molar-refractivity contribution in [2.45, 2.75) is 30.8 Å². The smallest absolute Gasteiger partial charge is 0.224 e. The molecule has 2 N–H and O–H groups in total. The van der Waals surface area contributed by atoms with Crippen molar-refractivity contribution in [2.24, 2.45) is 5.92 Å². The molecule has 1 aliphatic carbocycles. The molecule has 0 aromatic heterocycles. The van der Waals surface area contributed by atoms with Gasteiger partial charge in [-0.15, -0.1) is 0 Å². The lowest BCUT2D eigenvalue weighted by Gasteiger charge is -2.26. The molecule has 1 amide bonds. The summed E-state index contributed by atoms with van der Waals surface area (Å²) in [5.74, 6) is 0.685. The van der Waals surface area contributed by atoms with Crippen LogP contribution in [0.1, 0.15) is 35.9 Å². The number of phenolic OH excluding ortho intramolecular Hbond substituents is 1. The van der Waals surface area contributed by atoms with Crippen LogP contribution in [-0.4, -0.2) is 35.5 Å². The summed E-state index contributed by atoms with van der Waals surface area (Å²) in [5, 5.41) is 12.9. The number of phenols is 1. The molecule has 4 heteroatoms. The summed E-state index contributed by atoms with van der Waals surface area (Å²) in [6.07, 6.45) is 1.85. The molecular formula is C21H24N2O2. The zero-order valence-electron chi connectivity index (χ0n) is 14.4. The molecule has 2 aliphatic rings. The molecule has 4 rings (SSSR count). The highest BCUT2D eigenvalue weighted by Crippen LogP contribution is 2.48. The van der Waals surface area contributed by atoms with E-state index in [0.717, 1.165) is 24.9 Å². The number of benzene rings is 2. The summed E-state index contributed by atoms with van der Waals surface area (Å²) < 4.78 is 0. The van der Waals surface area contributed by atoms with E-state index in [4.69, 9.17) is 0 Å². The Hall–Kier alpha value is -2.33. The topological polar surface area (TPSA) is 52.6 Å². The van der Waals surface area contributed by atoms with Crippen LogP contribution in [0.5, 0.6) is 5.75 Å². The second kappa shape index (κ2) is 6.52. The Kier molecular flexibility index (Phi) is 4.22. The normalized spacial score (nSPS) is 28.7. The second-order valence-electron chi connectivity index (χ2n) is 7.28. The highest BCUT2D eigenvalue weighted by atomic mass is 16.3. The minimum Gasteiger partial charge on any atom is -0.508 e. The molecule has 2 aromatic carbocycles. The minimum atomic E-state index is 0.0316. The van der Waals surface area contributed by atoms with Crippen LogP contribution in [0.15, 0.2) is 54.6 Å². The SMILES string of the molecule is CN1CC[C@@H](NC(=O)[C@H]2C[C@@H]2c2cccc(O)c2)[C@@H]1c1ccccc1. The lowest BCUT2D eigenvalue weighted by molar-refractivity contribution is -0.123. The van der Waals surface area contributed by atoms with Gasteiger partial charge in [-0.2, -0.15) is 0 Å². The molecule has 0 bridgehead atoms. The number of carbonyl (C=O) groups is 1. The number of nitrogens with one attached hydrogen (secondary N) is 1. The number of likely N-dealkylation sites (N-methyl/N-ethyl adjacent to an activating group) is 1. The number of rotatable bonds is 4. The van der Waals surface area contributed by atoms with Gasteiger partial charge < -0.3 is 10.4 Å². The Bertz CT molecular complexity index is 762. The molecular weight excluding hydrogens is 312 g/mol. The van der Waals surface area contributed by atoms with Crippen LogP contribution >= 0.6 is 0 Å². The predicted molar refractivity (Wildman–Crippen MR) is 97.3 cm³/mol. The maximum Gasteiger partial charge on any atom is 0.224 e. The minimum absolute atomic E-state index is 0.0316. The van der Waals surface area contributed by atoms with Crippen molar-refractivity contribution in [3.8, 4) is 5.75 Å². The monoisotopic (exact) mass is 336 g/mol. The fourth-order valence-electron chi connectivity index (χ4n) is 4.13. The largest absolute Gasteiger partial charge is 0.508 e. The van der Waals surface area contributed by atoms with Crippen molar-refractivity contribution in [3.63, 3.8) is 0 Å². The van der Waals surface area contributed by atoms with Gasteiger partial charge in [-0.3, -0.25) is 9.69 Å². The number of likely N-dealkylation sites (tertiary alicyclic amines) is 1. The summed E-state index contributed by atoms with van der Waals surface area (Å²) >= 11 is 0. The number of hydrogen-bond donors (Lipinski definition) is 2. The Morgan fingerprint density at radius 1 is 1.12 bits per heavy atom. The number of carbonyl (C=O) groups excluding carboxylic acids is 1. The molecule has 4 nitrogen and oxygen atoms in total. The maximum absolute atomic E-state index is 12.7. The summed E-state index contributed by atoms with van der Waals surface area (Å²) in [5.41, 5.74) is 2.32. The van der Waals surface area contributed by atoms with E-state index in [0.29, 0.717) is 0 Å². The Morgan fingerprint density at radius 3 is 2.64 bits per heavy atom. The molecule has 2 fully saturated rings. The molecule has 1 saturated heterocycles. The third-order valence-corrected chi connectivity index (χ3v) is 5.54. The van der Waals surface area contributed by atoms with E-state index in [-0.39, 0.29) is 35.6 Å². The lowest BCUT2D eigenvalue weighted by Crippen LogP contribution is -2.39. The van der Waals surface area contributed by atoms with E-state index < -0.39 is 0 Å². The van der Waals surface area contributed by atoms with Crippen molar-refractivity contribution < 1.29 is 9.90 Å². The molecule has 0 spiro atoms. The van der Waals surface area contributed by atoms with Gasteiger partial charge in [-0.05, 0) is 49.1 Å². The Labute approximate surface area is 148 Å².